The van der Waals surface area contributed by atoms with Gasteiger partial charge in [-0.1, -0.05) is 0 Å². The van der Waals surface area contributed by atoms with Crippen molar-refractivity contribution >= 4 is 17.1 Å². The lowest BCUT2D eigenvalue weighted by Gasteiger charge is -2.61. The van der Waals surface area contributed by atoms with Crippen LogP contribution in [-0.4, -0.2) is 63.8 Å². The van der Waals surface area contributed by atoms with E-state index in [0.717, 1.165) is 5.56 Å². The van der Waals surface area contributed by atoms with Gasteiger partial charge in [-0.3, -0.25) is 9.78 Å². The highest BCUT2D eigenvalue weighted by Gasteiger charge is 2.63. The van der Waals surface area contributed by atoms with Gasteiger partial charge in [0.2, 0.25) is 5.82 Å². The predicted molar refractivity (Wildman–Crippen MR) is 137 cm³/mol. The van der Waals surface area contributed by atoms with Crippen LogP contribution in [-0.2, 0) is 0 Å². The van der Waals surface area contributed by atoms with Crippen LogP contribution in [0.5, 0.6) is 0 Å². The zero-order valence-electron chi connectivity index (χ0n) is 21.9. The smallest absolute Gasteiger partial charge is 0.266 e. The number of halogens is 4. The van der Waals surface area contributed by atoms with Gasteiger partial charge in [0.05, 0.1) is 34.7 Å². The van der Waals surface area contributed by atoms with Crippen molar-refractivity contribution in [3.8, 4) is 11.4 Å². The van der Waals surface area contributed by atoms with Gasteiger partial charge in [0.25, 0.3) is 18.3 Å². The van der Waals surface area contributed by atoms with Crippen LogP contribution in [0.25, 0.3) is 16.9 Å². The number of aromatic nitrogens is 7. The number of amides is 1. The summed E-state index contributed by atoms with van der Waals surface area (Å²) in [4.78, 5) is 18.9. The van der Waals surface area contributed by atoms with Crippen LogP contribution < -0.4 is 5.32 Å². The fraction of sp³-hybridized carbons (Fsp3) is 0.481. The fourth-order valence-corrected chi connectivity index (χ4v) is 6.60. The van der Waals surface area contributed by atoms with Crippen molar-refractivity contribution in [1.82, 2.24) is 34.8 Å². The van der Waals surface area contributed by atoms with E-state index in [9.17, 15) is 27.5 Å². The number of carbonyl (C=O) groups is 1. The average Bonchev–Trinajstić information content (AvgIpc) is 3.52. The number of pyridine rings is 2. The van der Waals surface area contributed by atoms with Gasteiger partial charge in [0.1, 0.15) is 5.60 Å². The van der Waals surface area contributed by atoms with Crippen molar-refractivity contribution in [1.29, 1.82) is 0 Å². The minimum atomic E-state index is -2.73. The Balaban J connectivity index is 1.07. The lowest BCUT2D eigenvalue weighted by Crippen LogP contribution is -2.60. The third kappa shape index (κ3) is 4.35. The zero-order valence-corrected chi connectivity index (χ0v) is 21.9. The molecule has 0 atom stereocenters. The molecule has 3 fully saturated rings. The topological polar surface area (TPSA) is 123 Å². The number of tetrazole rings is 1. The Morgan fingerprint density at radius 2 is 1.90 bits per heavy atom. The standard InChI is InChI=1S/C27H26F4N8O2/c1-14-20(4-16(10-32-14)22-35-37-39(36-22)18-8-27(30,31)9-18)34-23(40)19-11-33-38-3-2-15(5-21(19)38)17-6-25(7-17)12-26(41,13-25)24(28)29/h2-5,10-11,17-18,24,41H,6-9,12-13H2,1H3,(H,34,40). The van der Waals surface area contributed by atoms with Crippen molar-refractivity contribution in [3.63, 3.8) is 0 Å². The summed E-state index contributed by atoms with van der Waals surface area (Å²) in [6, 6.07) is 4.95. The summed E-state index contributed by atoms with van der Waals surface area (Å²) in [5, 5.41) is 29.3. The number of aryl methyl sites for hydroxylation is 1. The van der Waals surface area contributed by atoms with Crippen LogP contribution >= 0.6 is 0 Å². The van der Waals surface area contributed by atoms with Gasteiger partial charge in [0, 0.05) is 30.8 Å². The van der Waals surface area contributed by atoms with Crippen LogP contribution in [0.3, 0.4) is 0 Å². The molecule has 4 aromatic heterocycles. The SMILES string of the molecule is Cc1ncc(-c2nnn(C3CC(F)(F)C3)n2)cc1NC(=O)c1cnn2ccc(C3CC4(C3)CC(O)(C(F)F)C4)cc12. The first-order valence-electron chi connectivity index (χ1n) is 13.4. The summed E-state index contributed by atoms with van der Waals surface area (Å²) in [5.41, 5.74) is 1.28. The molecule has 0 aromatic carbocycles. The normalized spacial score (nSPS) is 27.0. The molecule has 1 amide bonds. The number of fused-ring (bicyclic) bond motifs is 1. The van der Waals surface area contributed by atoms with Crippen LogP contribution in [0.1, 0.15) is 72.1 Å². The fourth-order valence-electron chi connectivity index (χ4n) is 6.60. The number of hydrogen-bond donors (Lipinski definition) is 2. The van der Waals surface area contributed by atoms with E-state index in [4.69, 9.17) is 0 Å². The largest absolute Gasteiger partial charge is 0.384 e. The van der Waals surface area contributed by atoms with E-state index in [1.54, 1.807) is 23.7 Å². The Kier molecular flexibility index (Phi) is 5.56. The molecule has 4 aromatic rings. The quantitative estimate of drug-likeness (QED) is 0.326. The van der Waals surface area contributed by atoms with Crippen molar-refractivity contribution in [3.05, 3.63) is 53.6 Å². The number of alkyl halides is 4. The van der Waals surface area contributed by atoms with Crippen molar-refractivity contribution in [2.75, 3.05) is 5.32 Å². The molecule has 41 heavy (non-hydrogen) atoms. The first-order valence-corrected chi connectivity index (χ1v) is 13.4. The second-order valence-corrected chi connectivity index (χ2v) is 11.9. The van der Waals surface area contributed by atoms with E-state index in [2.05, 4.69) is 30.8 Å². The number of nitrogens with one attached hydrogen (secondary N) is 1. The number of aliphatic hydroxyl groups is 1. The molecular weight excluding hydrogens is 544 g/mol. The third-order valence-corrected chi connectivity index (χ3v) is 8.81. The van der Waals surface area contributed by atoms with Crippen molar-refractivity contribution in [2.45, 2.75) is 75.4 Å². The number of rotatable bonds is 6. The molecule has 214 valence electrons. The molecule has 0 unspecified atom stereocenters. The van der Waals surface area contributed by atoms with Gasteiger partial charge in [-0.25, -0.2) is 22.1 Å². The van der Waals surface area contributed by atoms with E-state index >= 15 is 0 Å². The van der Waals surface area contributed by atoms with Gasteiger partial charge in [-0.2, -0.15) is 9.90 Å². The van der Waals surface area contributed by atoms with E-state index in [-0.39, 0.29) is 42.8 Å². The molecule has 3 aliphatic carbocycles. The predicted octanol–water partition coefficient (Wildman–Crippen LogP) is 4.57. The Labute approximate surface area is 230 Å². The maximum atomic E-state index is 13.3. The highest BCUT2D eigenvalue weighted by molar-refractivity contribution is 6.09. The number of nitrogens with zero attached hydrogens (tertiary/aromatic N) is 7. The number of anilines is 1. The Morgan fingerprint density at radius 1 is 1.15 bits per heavy atom. The van der Waals surface area contributed by atoms with E-state index < -0.39 is 29.9 Å². The summed E-state index contributed by atoms with van der Waals surface area (Å²) < 4.78 is 54.2. The second-order valence-electron chi connectivity index (χ2n) is 11.9. The molecule has 0 radical (unpaired) electrons. The number of carbonyl (C=O) groups excluding carboxylic acids is 1. The van der Waals surface area contributed by atoms with Crippen molar-refractivity contribution in [2.24, 2.45) is 5.41 Å². The maximum absolute atomic E-state index is 13.3. The summed E-state index contributed by atoms with van der Waals surface area (Å²) in [6.45, 7) is 1.73. The Hall–Kier alpha value is -3.94. The van der Waals surface area contributed by atoms with Crippen LogP contribution in [0.2, 0.25) is 0 Å². The van der Waals surface area contributed by atoms with E-state index in [1.165, 1.54) is 17.2 Å². The van der Waals surface area contributed by atoms with Gasteiger partial charge >= 0.3 is 0 Å². The molecule has 3 saturated carbocycles. The monoisotopic (exact) mass is 570 g/mol. The summed E-state index contributed by atoms with van der Waals surface area (Å²) in [7, 11) is 0. The van der Waals surface area contributed by atoms with Crippen molar-refractivity contribution < 1.29 is 27.5 Å². The molecule has 0 aliphatic heterocycles. The van der Waals surface area contributed by atoms with Crippen LogP contribution in [0.4, 0.5) is 23.2 Å². The lowest BCUT2D eigenvalue weighted by molar-refractivity contribution is -0.228. The molecule has 4 heterocycles. The first-order chi connectivity index (χ1) is 19.4. The second kappa shape index (κ2) is 8.78. The average molecular weight is 571 g/mol. The zero-order chi connectivity index (χ0) is 28.7. The molecule has 0 bridgehead atoms. The number of hydrogen-bond acceptors (Lipinski definition) is 7. The minimum Gasteiger partial charge on any atom is -0.384 e. The van der Waals surface area contributed by atoms with Crippen LogP contribution in [0, 0.1) is 12.3 Å². The van der Waals surface area contributed by atoms with Gasteiger partial charge < -0.3 is 10.4 Å². The molecular formula is C27H26F4N8O2. The molecule has 1 spiro atoms. The molecule has 14 heteroatoms. The van der Waals surface area contributed by atoms with Crippen LogP contribution in [0.15, 0.2) is 36.8 Å². The third-order valence-electron chi connectivity index (χ3n) is 8.81. The summed E-state index contributed by atoms with van der Waals surface area (Å²) in [5.74, 6) is -2.75. The molecule has 0 saturated heterocycles. The maximum Gasteiger partial charge on any atom is 0.266 e. The summed E-state index contributed by atoms with van der Waals surface area (Å²) in [6.07, 6.45) is 3.03. The molecule has 7 rings (SSSR count). The van der Waals surface area contributed by atoms with Gasteiger partial charge in [-0.15, -0.1) is 10.2 Å². The lowest BCUT2D eigenvalue weighted by atomic mass is 9.46. The molecule has 2 N–H and O–H groups in total. The van der Waals surface area contributed by atoms with Gasteiger partial charge in [0.15, 0.2) is 0 Å². The van der Waals surface area contributed by atoms with E-state index in [1.807, 2.05) is 12.1 Å². The highest BCUT2D eigenvalue weighted by Crippen LogP contribution is 2.66. The Bertz CT molecular complexity index is 1660. The highest BCUT2D eigenvalue weighted by atomic mass is 19.3. The summed E-state index contributed by atoms with van der Waals surface area (Å²) >= 11 is 0. The first kappa shape index (κ1) is 26.0. The van der Waals surface area contributed by atoms with Gasteiger partial charge in [-0.05, 0) is 72.9 Å². The van der Waals surface area contributed by atoms with E-state index in [0.29, 0.717) is 40.9 Å². The Morgan fingerprint density at radius 3 is 2.61 bits per heavy atom. The molecule has 10 nitrogen and oxygen atoms in total. The minimum absolute atomic E-state index is 0.117. The molecule has 3 aliphatic rings.